The molecular weight excluding hydrogens is 489 g/mol. The van der Waals surface area contributed by atoms with E-state index in [1.54, 1.807) is 42.9 Å². The van der Waals surface area contributed by atoms with Crippen LogP contribution in [0.1, 0.15) is 17.3 Å². The standard InChI is InChI=1S/C21H22BrClFN5O2/c1-11(25-2)21(31)8-29(9-21)20(30)13-7-16-19(26-10-28(16)3)17(24)18(13)27-15-5-4-12(22)6-14(15)23/h4-7,10-11,25,27,31H,8-9H2,1-3H3/t11-/m0/s1. The fourth-order valence-corrected chi connectivity index (χ4v) is 4.43. The van der Waals surface area contributed by atoms with Gasteiger partial charge in [0.2, 0.25) is 0 Å². The van der Waals surface area contributed by atoms with Crippen LogP contribution in [0.25, 0.3) is 11.0 Å². The maximum Gasteiger partial charge on any atom is 0.256 e. The summed E-state index contributed by atoms with van der Waals surface area (Å²) in [6.07, 6.45) is 1.50. The zero-order valence-electron chi connectivity index (χ0n) is 17.2. The molecule has 164 valence electrons. The van der Waals surface area contributed by atoms with Crippen LogP contribution in [0.5, 0.6) is 0 Å². The largest absolute Gasteiger partial charge is 0.385 e. The zero-order valence-corrected chi connectivity index (χ0v) is 19.6. The molecule has 0 unspecified atom stereocenters. The molecule has 3 N–H and O–H groups in total. The number of carbonyl (C=O) groups excluding carboxylic acids is 1. The Labute approximate surface area is 192 Å². The number of β-amino-alcohol motifs (C(OH)–C–C–N with tert-alkyl or cyclic N) is 1. The van der Waals surface area contributed by atoms with Crippen LogP contribution in [0.3, 0.4) is 0 Å². The zero-order chi connectivity index (χ0) is 22.5. The molecule has 2 heterocycles. The Morgan fingerprint density at radius 3 is 2.74 bits per heavy atom. The second-order valence-corrected chi connectivity index (χ2v) is 9.18. The van der Waals surface area contributed by atoms with Gasteiger partial charge in [-0.25, -0.2) is 9.37 Å². The molecule has 3 aromatic rings. The first-order chi connectivity index (χ1) is 14.6. The minimum atomic E-state index is -1.03. The summed E-state index contributed by atoms with van der Waals surface area (Å²) in [5, 5.41) is 17.0. The monoisotopic (exact) mass is 509 g/mol. The van der Waals surface area contributed by atoms with E-state index in [-0.39, 0.29) is 41.8 Å². The molecule has 0 spiro atoms. The third kappa shape index (κ3) is 3.80. The van der Waals surface area contributed by atoms with Crippen LogP contribution in [0.15, 0.2) is 35.1 Å². The van der Waals surface area contributed by atoms with Crippen LogP contribution in [0, 0.1) is 5.82 Å². The second kappa shape index (κ2) is 8.05. The molecule has 2 aromatic carbocycles. The smallest absolute Gasteiger partial charge is 0.256 e. The van der Waals surface area contributed by atoms with Gasteiger partial charge >= 0.3 is 0 Å². The number of aryl methyl sites for hydroxylation is 1. The first kappa shape index (κ1) is 22.0. The molecule has 1 atom stereocenters. The number of anilines is 2. The van der Waals surface area contributed by atoms with Crippen LogP contribution in [0.2, 0.25) is 5.02 Å². The lowest BCUT2D eigenvalue weighted by Gasteiger charge is -2.49. The predicted octanol–water partition coefficient (Wildman–Crippen LogP) is 3.67. The number of rotatable bonds is 5. The number of benzene rings is 2. The number of amides is 1. The van der Waals surface area contributed by atoms with Gasteiger partial charge < -0.3 is 25.2 Å². The molecule has 31 heavy (non-hydrogen) atoms. The molecule has 1 fully saturated rings. The number of hydrogen-bond acceptors (Lipinski definition) is 5. The van der Waals surface area contributed by atoms with Gasteiger partial charge in [-0.1, -0.05) is 27.5 Å². The number of nitrogens with zero attached hydrogens (tertiary/aromatic N) is 3. The van der Waals surface area contributed by atoms with Gasteiger partial charge in [0.25, 0.3) is 5.91 Å². The minimum Gasteiger partial charge on any atom is -0.385 e. The number of fused-ring (bicyclic) bond motifs is 1. The van der Waals surface area contributed by atoms with Crippen molar-refractivity contribution in [2.24, 2.45) is 7.05 Å². The highest BCUT2D eigenvalue weighted by molar-refractivity contribution is 9.10. The average Bonchev–Trinajstić information content (AvgIpc) is 3.09. The number of likely N-dealkylation sites (N-methyl/N-ethyl adjacent to an activating group) is 1. The summed E-state index contributed by atoms with van der Waals surface area (Å²) in [7, 11) is 3.49. The van der Waals surface area contributed by atoms with E-state index in [4.69, 9.17) is 11.6 Å². The summed E-state index contributed by atoms with van der Waals surface area (Å²) < 4.78 is 17.9. The van der Waals surface area contributed by atoms with Crippen molar-refractivity contribution < 1.29 is 14.3 Å². The summed E-state index contributed by atoms with van der Waals surface area (Å²) in [5.74, 6) is -1.02. The Bertz CT molecular complexity index is 1180. The second-order valence-electron chi connectivity index (χ2n) is 7.86. The SMILES string of the molecule is CN[C@@H](C)C1(O)CN(C(=O)c2cc3c(ncn3C)c(F)c2Nc2ccc(Br)cc2Cl)C1. The lowest BCUT2D eigenvalue weighted by molar-refractivity contribution is -0.0990. The molecule has 1 aliphatic rings. The molecule has 0 aliphatic carbocycles. The number of likely N-dealkylation sites (tertiary alicyclic amines) is 1. The maximum atomic E-state index is 15.5. The number of hydrogen-bond donors (Lipinski definition) is 3. The van der Waals surface area contributed by atoms with Crippen molar-refractivity contribution in [1.29, 1.82) is 0 Å². The minimum absolute atomic E-state index is 0.00229. The highest BCUT2D eigenvalue weighted by atomic mass is 79.9. The van der Waals surface area contributed by atoms with Crippen LogP contribution in [0.4, 0.5) is 15.8 Å². The maximum absolute atomic E-state index is 15.5. The summed E-state index contributed by atoms with van der Waals surface area (Å²) in [6, 6.07) is 6.56. The van der Waals surface area contributed by atoms with Crippen LogP contribution in [-0.2, 0) is 7.05 Å². The number of carbonyl (C=O) groups is 1. The van der Waals surface area contributed by atoms with Crippen molar-refractivity contribution in [2.75, 3.05) is 25.5 Å². The van der Waals surface area contributed by atoms with Crippen LogP contribution < -0.4 is 10.6 Å². The summed E-state index contributed by atoms with van der Waals surface area (Å²) >= 11 is 9.65. The number of aromatic nitrogens is 2. The Morgan fingerprint density at radius 1 is 1.39 bits per heavy atom. The Balaban J connectivity index is 1.76. The number of aliphatic hydroxyl groups is 1. The molecule has 1 saturated heterocycles. The summed E-state index contributed by atoms with van der Waals surface area (Å²) in [5.41, 5.74) is 0.218. The van der Waals surface area contributed by atoms with Crippen molar-refractivity contribution >= 4 is 55.8 Å². The van der Waals surface area contributed by atoms with E-state index in [2.05, 4.69) is 31.5 Å². The van der Waals surface area contributed by atoms with E-state index in [0.717, 1.165) is 4.47 Å². The molecule has 4 rings (SSSR count). The first-order valence-electron chi connectivity index (χ1n) is 9.69. The van der Waals surface area contributed by atoms with Gasteiger partial charge in [0.15, 0.2) is 5.82 Å². The fraction of sp³-hybridized carbons (Fsp3) is 0.333. The van der Waals surface area contributed by atoms with Crippen molar-refractivity contribution in [3.63, 3.8) is 0 Å². The van der Waals surface area contributed by atoms with Crippen molar-refractivity contribution in [1.82, 2.24) is 19.8 Å². The quantitative estimate of drug-likeness (QED) is 0.488. The predicted molar refractivity (Wildman–Crippen MR) is 122 cm³/mol. The van der Waals surface area contributed by atoms with Crippen LogP contribution in [-0.4, -0.2) is 57.2 Å². The molecule has 10 heteroatoms. The Kier molecular flexibility index (Phi) is 5.72. The average molecular weight is 511 g/mol. The van der Waals surface area contributed by atoms with Crippen molar-refractivity contribution in [3.05, 3.63) is 51.5 Å². The lowest BCUT2D eigenvalue weighted by Crippen LogP contribution is -2.70. The highest BCUT2D eigenvalue weighted by Gasteiger charge is 2.47. The normalized spacial score (nSPS) is 16.3. The Hall–Kier alpha value is -2.20. The molecule has 0 radical (unpaired) electrons. The van der Waals surface area contributed by atoms with Gasteiger partial charge in [-0.15, -0.1) is 0 Å². The third-order valence-electron chi connectivity index (χ3n) is 5.84. The number of halogens is 3. The lowest BCUT2D eigenvalue weighted by atomic mass is 9.86. The van der Waals surface area contributed by atoms with Gasteiger partial charge in [-0.3, -0.25) is 4.79 Å². The summed E-state index contributed by atoms with van der Waals surface area (Å²) in [4.78, 5) is 18.9. The third-order valence-corrected chi connectivity index (χ3v) is 6.64. The topological polar surface area (TPSA) is 82.4 Å². The van der Waals surface area contributed by atoms with E-state index in [1.165, 1.54) is 11.2 Å². The Morgan fingerprint density at radius 2 is 2.10 bits per heavy atom. The van der Waals surface area contributed by atoms with Gasteiger partial charge in [0.1, 0.15) is 11.1 Å². The van der Waals surface area contributed by atoms with E-state index < -0.39 is 11.4 Å². The highest BCUT2D eigenvalue weighted by Crippen LogP contribution is 2.36. The van der Waals surface area contributed by atoms with Crippen LogP contribution >= 0.6 is 27.5 Å². The molecule has 1 aromatic heterocycles. The fourth-order valence-electron chi connectivity index (χ4n) is 3.71. The molecule has 1 aliphatic heterocycles. The van der Waals surface area contributed by atoms with Crippen molar-refractivity contribution in [2.45, 2.75) is 18.6 Å². The van der Waals surface area contributed by atoms with E-state index in [1.807, 2.05) is 6.92 Å². The number of nitrogens with one attached hydrogen (secondary N) is 2. The first-order valence-corrected chi connectivity index (χ1v) is 10.9. The molecule has 1 amide bonds. The van der Waals surface area contributed by atoms with Gasteiger partial charge in [-0.05, 0) is 38.2 Å². The summed E-state index contributed by atoms with van der Waals surface area (Å²) in [6.45, 7) is 2.15. The molecular formula is C21H22BrClFN5O2. The molecule has 7 nitrogen and oxygen atoms in total. The van der Waals surface area contributed by atoms with E-state index >= 15 is 4.39 Å². The molecule has 0 bridgehead atoms. The van der Waals surface area contributed by atoms with Gasteiger partial charge in [0, 0.05) is 17.6 Å². The van der Waals surface area contributed by atoms with Gasteiger partial charge in [-0.2, -0.15) is 0 Å². The van der Waals surface area contributed by atoms with Crippen molar-refractivity contribution in [3.8, 4) is 0 Å². The molecule has 0 saturated carbocycles. The van der Waals surface area contributed by atoms with E-state index in [9.17, 15) is 9.90 Å². The van der Waals surface area contributed by atoms with Gasteiger partial charge in [0.05, 0.1) is 46.9 Å². The van der Waals surface area contributed by atoms with E-state index in [0.29, 0.717) is 16.2 Å². The number of imidazole rings is 1.